The normalized spacial score (nSPS) is 10.1. The van der Waals surface area contributed by atoms with Gasteiger partial charge in [0.2, 0.25) is 5.11 Å². The molecule has 3 nitrogen and oxygen atoms in total. The molecule has 0 aliphatic heterocycles. The quantitative estimate of drug-likeness (QED) is 0.315. The molecule has 84 valence electrons. The molecule has 0 amide bonds. The van der Waals surface area contributed by atoms with E-state index in [1.54, 1.807) is 12.3 Å². The Morgan fingerprint density at radius 2 is 2.25 bits per heavy atom. The van der Waals surface area contributed by atoms with Gasteiger partial charge in [-0.3, -0.25) is 0 Å². The van der Waals surface area contributed by atoms with Crippen molar-refractivity contribution in [1.29, 1.82) is 0 Å². The molecule has 1 aromatic rings. The fourth-order valence-corrected chi connectivity index (χ4v) is 1.31. The molecule has 0 fully saturated rings. The molecular weight excluding hydrogens is 242 g/mol. The zero-order chi connectivity index (χ0) is 11.8. The van der Waals surface area contributed by atoms with Crippen molar-refractivity contribution in [2.24, 2.45) is 0 Å². The maximum absolute atomic E-state index is 5.96. The van der Waals surface area contributed by atoms with E-state index in [0.717, 1.165) is 5.56 Å². The number of rotatable bonds is 4. The van der Waals surface area contributed by atoms with Crippen LogP contribution in [0, 0.1) is 0 Å². The van der Waals surface area contributed by atoms with E-state index in [1.807, 2.05) is 24.3 Å². The van der Waals surface area contributed by atoms with Gasteiger partial charge in [-0.15, -0.1) is 17.1 Å². The second-order valence-electron chi connectivity index (χ2n) is 2.93. The van der Waals surface area contributed by atoms with Crippen molar-refractivity contribution in [3.8, 4) is 0 Å². The van der Waals surface area contributed by atoms with Crippen LogP contribution in [0.15, 0.2) is 36.9 Å². The third kappa shape index (κ3) is 4.42. The average molecular weight is 255 g/mol. The van der Waals surface area contributed by atoms with Gasteiger partial charge in [-0.05, 0) is 24.4 Å². The number of hydrogen-bond acceptors (Lipinski definition) is 1. The first-order valence-corrected chi connectivity index (χ1v) is 5.50. The van der Waals surface area contributed by atoms with Crippen molar-refractivity contribution in [3.05, 3.63) is 47.5 Å². The average Bonchev–Trinajstić information content (AvgIpc) is 2.29. The van der Waals surface area contributed by atoms with Crippen LogP contribution < -0.4 is 15.8 Å². The molecule has 0 heterocycles. The number of hydrazone groups is 1. The highest BCUT2D eigenvalue weighted by molar-refractivity contribution is 7.80. The van der Waals surface area contributed by atoms with Gasteiger partial charge in [-0.25, -0.2) is 0 Å². The van der Waals surface area contributed by atoms with Gasteiger partial charge in [0.05, 0.1) is 10.6 Å². The molecule has 0 unspecified atom stereocenters. The molecule has 0 aliphatic carbocycles. The second kappa shape index (κ2) is 6.98. The van der Waals surface area contributed by atoms with Crippen LogP contribution in [0.1, 0.15) is 5.56 Å². The Labute approximate surface area is 105 Å². The Kier molecular flexibility index (Phi) is 5.53. The molecule has 16 heavy (non-hydrogen) atoms. The van der Waals surface area contributed by atoms with E-state index in [2.05, 4.69) is 22.4 Å². The number of nitrogens with one attached hydrogen (secondary N) is 3. The fourth-order valence-electron chi connectivity index (χ4n) is 0.981. The van der Waals surface area contributed by atoms with Crippen LogP contribution in [0.25, 0.3) is 0 Å². The SMILES string of the molecule is C=CCNC(=S)N[NH+]=Cc1ccccc1Cl. The lowest BCUT2D eigenvalue weighted by Gasteiger charge is -1.99. The van der Waals surface area contributed by atoms with E-state index >= 15 is 0 Å². The predicted octanol–water partition coefficient (Wildman–Crippen LogP) is 0.405. The van der Waals surface area contributed by atoms with E-state index < -0.39 is 0 Å². The lowest BCUT2D eigenvalue weighted by Crippen LogP contribution is -2.82. The van der Waals surface area contributed by atoms with Crippen molar-refractivity contribution in [2.45, 2.75) is 0 Å². The Morgan fingerprint density at radius 3 is 2.94 bits per heavy atom. The summed E-state index contributed by atoms with van der Waals surface area (Å²) in [5, 5.41) is 6.96. The van der Waals surface area contributed by atoms with Gasteiger partial charge in [-0.2, -0.15) is 0 Å². The zero-order valence-corrected chi connectivity index (χ0v) is 10.2. The monoisotopic (exact) mass is 254 g/mol. The van der Waals surface area contributed by atoms with E-state index in [4.69, 9.17) is 23.8 Å². The highest BCUT2D eigenvalue weighted by Gasteiger charge is 1.98. The molecule has 0 bridgehead atoms. The minimum Gasteiger partial charge on any atom is -0.355 e. The second-order valence-corrected chi connectivity index (χ2v) is 3.75. The third-order valence-electron chi connectivity index (χ3n) is 1.73. The van der Waals surface area contributed by atoms with Crippen molar-refractivity contribution >= 4 is 35.1 Å². The number of hydrazine groups is 1. The van der Waals surface area contributed by atoms with Gasteiger partial charge in [0.15, 0.2) is 6.21 Å². The van der Waals surface area contributed by atoms with Gasteiger partial charge >= 0.3 is 0 Å². The summed E-state index contributed by atoms with van der Waals surface area (Å²) in [6, 6.07) is 7.51. The number of hydrogen-bond donors (Lipinski definition) is 3. The number of halogens is 1. The molecular formula is C11H13ClN3S+. The molecule has 1 rings (SSSR count). The Hall–Kier alpha value is -1.39. The molecule has 0 atom stereocenters. The highest BCUT2D eigenvalue weighted by Crippen LogP contribution is 2.10. The van der Waals surface area contributed by atoms with Crippen molar-refractivity contribution in [1.82, 2.24) is 10.7 Å². The summed E-state index contributed by atoms with van der Waals surface area (Å²) < 4.78 is 0. The van der Waals surface area contributed by atoms with Crippen LogP contribution in [0.5, 0.6) is 0 Å². The van der Waals surface area contributed by atoms with Gasteiger partial charge in [-0.1, -0.05) is 29.8 Å². The molecule has 0 saturated heterocycles. The summed E-state index contributed by atoms with van der Waals surface area (Å²) in [5.74, 6) is 0. The molecule has 0 spiro atoms. The maximum atomic E-state index is 5.96. The van der Waals surface area contributed by atoms with E-state index in [0.29, 0.717) is 16.7 Å². The molecule has 0 aliphatic rings. The number of thiocarbonyl (C=S) groups is 1. The highest BCUT2D eigenvalue weighted by atomic mass is 35.5. The first-order valence-electron chi connectivity index (χ1n) is 4.72. The Balaban J connectivity index is 2.46. The third-order valence-corrected chi connectivity index (χ3v) is 2.32. The van der Waals surface area contributed by atoms with Crippen LogP contribution in [-0.4, -0.2) is 17.9 Å². The van der Waals surface area contributed by atoms with Crippen LogP contribution in [0.3, 0.4) is 0 Å². The van der Waals surface area contributed by atoms with Crippen LogP contribution >= 0.6 is 23.8 Å². The van der Waals surface area contributed by atoms with Crippen LogP contribution in [-0.2, 0) is 0 Å². The summed E-state index contributed by atoms with van der Waals surface area (Å²) in [6.07, 6.45) is 3.47. The smallest absolute Gasteiger partial charge is 0.224 e. The maximum Gasteiger partial charge on any atom is 0.224 e. The largest absolute Gasteiger partial charge is 0.355 e. The van der Waals surface area contributed by atoms with Gasteiger partial charge in [0, 0.05) is 6.54 Å². The van der Waals surface area contributed by atoms with Gasteiger partial charge < -0.3 is 5.32 Å². The standard InChI is InChI=1S/C11H12ClN3S/c1-2-7-13-11(16)15-14-8-9-5-3-4-6-10(9)12/h2-6,8H,1,7H2,(H2,13,15,16)/p+1. The molecule has 5 heteroatoms. The molecule has 0 radical (unpaired) electrons. The van der Waals surface area contributed by atoms with E-state index in [9.17, 15) is 0 Å². The Bertz CT molecular complexity index is 404. The van der Waals surface area contributed by atoms with Crippen LogP contribution in [0.2, 0.25) is 5.02 Å². The summed E-state index contributed by atoms with van der Waals surface area (Å²) in [6.45, 7) is 4.20. The Morgan fingerprint density at radius 1 is 1.50 bits per heavy atom. The molecule has 3 N–H and O–H groups in total. The fraction of sp³-hybridized carbons (Fsp3) is 0.0909. The first-order chi connectivity index (χ1) is 7.74. The van der Waals surface area contributed by atoms with E-state index in [1.165, 1.54) is 0 Å². The van der Waals surface area contributed by atoms with Crippen LogP contribution in [0.4, 0.5) is 0 Å². The summed E-state index contributed by atoms with van der Waals surface area (Å²) in [4.78, 5) is 0. The van der Waals surface area contributed by atoms with Gasteiger partial charge in [0.1, 0.15) is 0 Å². The lowest BCUT2D eigenvalue weighted by molar-refractivity contribution is -0.500. The minimum absolute atomic E-state index is 0.503. The predicted molar refractivity (Wildman–Crippen MR) is 71.5 cm³/mol. The number of benzene rings is 1. The zero-order valence-electron chi connectivity index (χ0n) is 8.66. The summed E-state index contributed by atoms with van der Waals surface area (Å²) >= 11 is 10.9. The van der Waals surface area contributed by atoms with Crippen molar-refractivity contribution in [2.75, 3.05) is 6.54 Å². The lowest BCUT2D eigenvalue weighted by atomic mass is 10.2. The van der Waals surface area contributed by atoms with Crippen molar-refractivity contribution < 1.29 is 5.10 Å². The summed E-state index contributed by atoms with van der Waals surface area (Å²) in [5.41, 5.74) is 3.69. The molecule has 0 saturated carbocycles. The first kappa shape index (κ1) is 12.7. The van der Waals surface area contributed by atoms with Gasteiger partial charge in [0.25, 0.3) is 0 Å². The topological polar surface area (TPSA) is 38.0 Å². The molecule has 1 aromatic carbocycles. The summed E-state index contributed by atoms with van der Waals surface area (Å²) in [7, 11) is 0. The van der Waals surface area contributed by atoms with E-state index in [-0.39, 0.29) is 0 Å². The van der Waals surface area contributed by atoms with Crippen molar-refractivity contribution in [3.63, 3.8) is 0 Å². The minimum atomic E-state index is 0.503. The molecule has 0 aromatic heterocycles.